The summed E-state index contributed by atoms with van der Waals surface area (Å²) in [6.07, 6.45) is -6.98. The van der Waals surface area contributed by atoms with Gasteiger partial charge in [-0.2, -0.15) is 0 Å². The average Bonchev–Trinajstić information content (AvgIpc) is 2.35. The molecule has 1 fully saturated rings. The third-order valence-electron chi connectivity index (χ3n) is 2.70. The molecule has 1 heterocycles. The summed E-state index contributed by atoms with van der Waals surface area (Å²) in [7, 11) is 0. The first-order valence-corrected chi connectivity index (χ1v) is 5.41. The molecule has 1 aliphatic rings. The number of aliphatic hydroxyl groups is 4. The predicted molar refractivity (Wildman–Crippen MR) is 56.7 cm³/mol. The van der Waals surface area contributed by atoms with E-state index >= 15 is 0 Å². The van der Waals surface area contributed by atoms with Crippen LogP contribution in [0.3, 0.4) is 0 Å². The first-order valence-electron chi connectivity index (χ1n) is 5.41. The molecule has 0 aromatic heterocycles. The summed E-state index contributed by atoms with van der Waals surface area (Å²) in [5, 5.41) is 37.6. The smallest absolute Gasteiger partial charge is 0.187 e. The van der Waals surface area contributed by atoms with Crippen molar-refractivity contribution in [3.05, 3.63) is 0 Å². The number of nitrogens with two attached hydrogens (primary N) is 2. The average molecular weight is 518 g/mol. The number of hydrogen-bond acceptors (Lipinski definition) is 8. The van der Waals surface area contributed by atoms with E-state index in [-0.39, 0.29) is 59.0 Å². The molecule has 0 amide bonds. The minimum atomic E-state index is -1.46. The van der Waals surface area contributed by atoms with Gasteiger partial charge in [-0.05, 0) is 0 Å². The quantitative estimate of drug-likeness (QED) is 0.210. The molecule has 11 heteroatoms. The van der Waals surface area contributed by atoms with Crippen molar-refractivity contribution >= 4 is 0 Å². The molecule has 0 saturated carbocycles. The first-order chi connectivity index (χ1) is 8.04. The van der Waals surface area contributed by atoms with Gasteiger partial charge in [0.2, 0.25) is 0 Å². The number of rotatable bonds is 5. The van der Waals surface area contributed by atoms with Crippen molar-refractivity contribution in [3.63, 3.8) is 0 Å². The summed E-state index contributed by atoms with van der Waals surface area (Å²) in [6, 6.07) is 0. The molecule has 5 atom stereocenters. The number of halogens is 2. The second kappa shape index (κ2) is 12.5. The second-order valence-electron chi connectivity index (χ2n) is 3.93. The van der Waals surface area contributed by atoms with Gasteiger partial charge in [-0.1, -0.05) is 0 Å². The van der Waals surface area contributed by atoms with Gasteiger partial charge in [-0.25, -0.2) is 0 Å². The largest absolute Gasteiger partial charge is 1.00 e. The molecule has 1 rings (SSSR count). The van der Waals surface area contributed by atoms with Crippen LogP contribution in [0.4, 0.5) is 0 Å². The van der Waals surface area contributed by atoms with Gasteiger partial charge in [0, 0.05) is 34.2 Å². The van der Waals surface area contributed by atoms with E-state index in [2.05, 4.69) is 0 Å². The van der Waals surface area contributed by atoms with Gasteiger partial charge in [0.1, 0.15) is 24.4 Å². The normalized spacial score (nSPS) is 32.9. The summed E-state index contributed by atoms with van der Waals surface area (Å²) in [4.78, 5) is 0. The minimum absolute atomic E-state index is 0. The van der Waals surface area contributed by atoms with Crippen LogP contribution in [0.25, 0.3) is 0 Å². The van der Waals surface area contributed by atoms with Crippen LogP contribution >= 0.6 is 0 Å². The molecule has 0 radical (unpaired) electrons. The molecule has 0 unspecified atom stereocenters. The van der Waals surface area contributed by atoms with E-state index in [1.165, 1.54) is 0 Å². The van der Waals surface area contributed by atoms with Crippen molar-refractivity contribution in [1.29, 1.82) is 0 Å². The molecule has 0 aliphatic carbocycles. The van der Waals surface area contributed by atoms with Crippen molar-refractivity contribution in [1.82, 2.24) is 0 Å². The van der Waals surface area contributed by atoms with E-state index in [4.69, 9.17) is 26.0 Å². The van der Waals surface area contributed by atoms with Gasteiger partial charge in [0.15, 0.2) is 6.29 Å². The fourth-order valence-electron chi connectivity index (χ4n) is 1.58. The van der Waals surface area contributed by atoms with Crippen molar-refractivity contribution in [2.75, 3.05) is 19.7 Å². The third-order valence-corrected chi connectivity index (χ3v) is 2.70. The van der Waals surface area contributed by atoms with Crippen LogP contribution < -0.4 is 36.3 Å². The molecule has 0 spiro atoms. The topological polar surface area (TPSA) is 151 Å². The Kier molecular flexibility index (Phi) is 16.2. The summed E-state index contributed by atoms with van der Waals surface area (Å²) in [5.74, 6) is 0. The fourth-order valence-corrected chi connectivity index (χ4v) is 1.58. The zero-order chi connectivity index (χ0) is 13.0. The predicted octanol–water partition coefficient (Wildman–Crippen LogP) is -9.91. The van der Waals surface area contributed by atoms with Crippen LogP contribution in [0.15, 0.2) is 0 Å². The molecular weight excluding hydrogens is 498 g/mol. The Morgan fingerprint density at radius 2 is 1.50 bits per heavy atom. The summed E-state index contributed by atoms with van der Waals surface area (Å²) in [5.41, 5.74) is 10.7. The monoisotopic (exact) mass is 517 g/mol. The van der Waals surface area contributed by atoms with Crippen molar-refractivity contribution in [2.45, 2.75) is 36.8 Å². The van der Waals surface area contributed by atoms with Crippen LogP contribution in [0.1, 0.15) is 0 Å². The van der Waals surface area contributed by atoms with E-state index in [1.54, 1.807) is 0 Å². The molecule has 1 saturated heterocycles. The number of aliphatic hydroxyl groups excluding tert-OH is 4. The summed E-state index contributed by atoms with van der Waals surface area (Å²) >= 11 is 0. The van der Waals surface area contributed by atoms with Crippen molar-refractivity contribution in [3.8, 4) is 0 Å². The molecule has 0 aromatic carbocycles. The van der Waals surface area contributed by atoms with Gasteiger partial charge in [-0.15, -0.1) is 0 Å². The molecule has 0 aromatic rings. The van der Waals surface area contributed by atoms with Crippen LogP contribution in [0.5, 0.6) is 0 Å². The van der Waals surface area contributed by atoms with E-state index in [0.717, 1.165) is 0 Å². The Bertz CT molecular complexity index is 238. The second-order valence-corrected chi connectivity index (χ2v) is 3.93. The Balaban J connectivity index is -0.000000963. The zero-order valence-electron chi connectivity index (χ0n) is 10.4. The summed E-state index contributed by atoms with van der Waals surface area (Å²) in [6.45, 7) is -0.238. The maximum atomic E-state index is 9.64. The SMILES string of the molecule is NCC(CN)O[C@@H]1O[C@H](CO)[C@@H](O)[C@H](O)[C@H]1O.[Cl-].[Cl-].[Pt]. The summed E-state index contributed by atoms with van der Waals surface area (Å²) < 4.78 is 10.4. The fraction of sp³-hybridized carbons (Fsp3) is 1.00. The van der Waals surface area contributed by atoms with Crippen LogP contribution in [0.2, 0.25) is 0 Å². The van der Waals surface area contributed by atoms with Crippen LogP contribution in [-0.2, 0) is 30.5 Å². The van der Waals surface area contributed by atoms with Crippen LogP contribution in [-0.4, -0.2) is 76.9 Å². The van der Waals surface area contributed by atoms with E-state index in [9.17, 15) is 15.3 Å². The van der Waals surface area contributed by atoms with Crippen LogP contribution in [0, 0.1) is 0 Å². The van der Waals surface area contributed by atoms with E-state index in [0.29, 0.717) is 0 Å². The molecular formula is C9H20Cl2N2O6Pt-2. The van der Waals surface area contributed by atoms with Gasteiger partial charge >= 0.3 is 0 Å². The molecule has 1 aliphatic heterocycles. The third kappa shape index (κ3) is 6.37. The van der Waals surface area contributed by atoms with Gasteiger partial charge in [0.05, 0.1) is 12.7 Å². The van der Waals surface area contributed by atoms with E-state index in [1.807, 2.05) is 0 Å². The molecule has 20 heavy (non-hydrogen) atoms. The Labute approximate surface area is 143 Å². The Morgan fingerprint density at radius 3 is 1.90 bits per heavy atom. The maximum Gasteiger partial charge on any atom is 0.187 e. The Morgan fingerprint density at radius 1 is 1.00 bits per heavy atom. The van der Waals surface area contributed by atoms with Gasteiger partial charge < -0.3 is 66.2 Å². The molecule has 128 valence electrons. The van der Waals surface area contributed by atoms with Crippen molar-refractivity contribution < 1.29 is 75.8 Å². The van der Waals surface area contributed by atoms with Crippen molar-refractivity contribution in [2.24, 2.45) is 11.5 Å². The molecule has 8 N–H and O–H groups in total. The van der Waals surface area contributed by atoms with Gasteiger partial charge in [-0.3, -0.25) is 0 Å². The van der Waals surface area contributed by atoms with E-state index < -0.39 is 43.4 Å². The maximum absolute atomic E-state index is 9.64. The minimum Gasteiger partial charge on any atom is -1.00 e. The number of hydrogen-bond donors (Lipinski definition) is 6. The van der Waals surface area contributed by atoms with Gasteiger partial charge in [0.25, 0.3) is 0 Å². The molecule has 8 nitrogen and oxygen atoms in total. The Hall–Kier alpha value is 0.948. The first kappa shape index (κ1) is 25.9. The molecule has 0 bridgehead atoms. The number of ether oxygens (including phenoxy) is 2. The standard InChI is InChI=1S/C9H20N2O6.2ClH.Pt/c10-1-4(2-11)16-9-8(15)7(14)6(13)5(3-12)17-9;;;/h4-9,12-15H,1-3,10-11H2;2*1H;/p-2/t5-,6-,7+,8-,9-;;;/m1.../s1. The zero-order valence-corrected chi connectivity index (χ0v) is 14.2.